The highest BCUT2D eigenvalue weighted by Gasteiger charge is 2.11. The molecule has 0 aliphatic heterocycles. The third kappa shape index (κ3) is 6.02. The van der Waals surface area contributed by atoms with Crippen molar-refractivity contribution in [2.45, 2.75) is 6.92 Å². The number of thiazole rings is 1. The number of benzene rings is 3. The maximum absolute atomic E-state index is 5.91. The van der Waals surface area contributed by atoms with Crippen molar-refractivity contribution in [3.63, 3.8) is 0 Å². The minimum atomic E-state index is 0.574. The highest BCUT2D eigenvalue weighted by Crippen LogP contribution is 2.33. The van der Waals surface area contributed by atoms with Crippen LogP contribution in [-0.4, -0.2) is 36.0 Å². The van der Waals surface area contributed by atoms with Crippen molar-refractivity contribution in [1.29, 1.82) is 0 Å². The molecule has 0 N–H and O–H groups in total. The number of aromatic nitrogens is 1. The van der Waals surface area contributed by atoms with Gasteiger partial charge in [0.25, 0.3) is 0 Å². The summed E-state index contributed by atoms with van der Waals surface area (Å²) in [6.07, 6.45) is 1.88. The van der Waals surface area contributed by atoms with Crippen LogP contribution in [0.25, 0.3) is 21.8 Å². The van der Waals surface area contributed by atoms with Gasteiger partial charge in [-0.15, -0.1) is 34.5 Å². The third-order valence-corrected chi connectivity index (χ3v) is 6.65. The van der Waals surface area contributed by atoms with E-state index < -0.39 is 0 Å². The smallest absolute Gasteiger partial charge is 0.124 e. The molecular weight excluding hydrogens is 469 g/mol. The lowest BCUT2D eigenvalue weighted by atomic mass is 10.1. The first-order valence-corrected chi connectivity index (χ1v) is 12.7. The van der Waals surface area contributed by atoms with Gasteiger partial charge in [-0.25, -0.2) is 4.98 Å². The van der Waals surface area contributed by atoms with E-state index >= 15 is 0 Å². The zero-order valence-electron chi connectivity index (χ0n) is 18.4. The molecule has 0 atom stereocenters. The van der Waals surface area contributed by atoms with E-state index in [1.807, 2.05) is 36.5 Å². The van der Waals surface area contributed by atoms with Gasteiger partial charge in [-0.2, -0.15) is 0 Å². The van der Waals surface area contributed by atoms with Crippen LogP contribution in [0.4, 0.5) is 11.4 Å². The fourth-order valence-corrected chi connectivity index (χ4v) is 4.92. The molecule has 1 aromatic heterocycles. The summed E-state index contributed by atoms with van der Waals surface area (Å²) in [5.41, 5.74) is 6.35. The largest absolute Gasteiger partial charge is 0.369 e. The molecule has 0 unspecified atom stereocenters. The first kappa shape index (κ1) is 23.5. The summed E-state index contributed by atoms with van der Waals surface area (Å²) >= 11 is 13.5. The number of anilines is 1. The summed E-state index contributed by atoms with van der Waals surface area (Å²) in [5.74, 6) is 1.15. The number of halogens is 2. The Kier molecular flexibility index (Phi) is 8.16. The average Bonchev–Trinajstić information content (AvgIpc) is 3.25. The quantitative estimate of drug-likeness (QED) is 0.175. The number of alkyl halides is 2. The maximum atomic E-state index is 5.91. The third-order valence-electron chi connectivity index (χ3n) is 5.29. The van der Waals surface area contributed by atoms with E-state index in [9.17, 15) is 0 Å². The molecule has 0 fully saturated rings. The van der Waals surface area contributed by atoms with E-state index in [1.165, 1.54) is 4.88 Å². The summed E-state index contributed by atoms with van der Waals surface area (Å²) in [5, 5.41) is 1.05. The Morgan fingerprint density at radius 1 is 0.848 bits per heavy atom. The molecule has 6 heteroatoms. The summed E-state index contributed by atoms with van der Waals surface area (Å²) in [4.78, 5) is 12.9. The Labute approximate surface area is 209 Å². The molecule has 4 aromatic rings. The number of hydrogen-bond donors (Lipinski definition) is 0. The molecule has 0 bridgehead atoms. The molecule has 0 aliphatic carbocycles. The van der Waals surface area contributed by atoms with Crippen molar-refractivity contribution in [1.82, 2.24) is 4.98 Å². The summed E-state index contributed by atoms with van der Waals surface area (Å²) in [6.45, 7) is 3.68. The van der Waals surface area contributed by atoms with Gasteiger partial charge in [-0.1, -0.05) is 54.6 Å². The molecule has 0 saturated heterocycles. The van der Waals surface area contributed by atoms with E-state index in [0.717, 1.165) is 51.9 Å². The van der Waals surface area contributed by atoms with Crippen molar-refractivity contribution < 1.29 is 0 Å². The predicted octanol–water partition coefficient (Wildman–Crippen LogP) is 7.82. The van der Waals surface area contributed by atoms with Crippen LogP contribution in [0.2, 0.25) is 0 Å². The van der Waals surface area contributed by atoms with Crippen molar-refractivity contribution >= 4 is 52.1 Å². The van der Waals surface area contributed by atoms with Crippen LogP contribution >= 0.6 is 34.5 Å². The van der Waals surface area contributed by atoms with E-state index in [0.29, 0.717) is 11.8 Å². The van der Waals surface area contributed by atoms with Crippen LogP contribution in [0.5, 0.6) is 0 Å². The number of aryl methyl sites for hydroxylation is 1. The Balaban J connectivity index is 1.45. The van der Waals surface area contributed by atoms with Crippen molar-refractivity contribution in [3.8, 4) is 21.8 Å². The number of aliphatic imine (C=N–C) groups is 1. The second-order valence-electron chi connectivity index (χ2n) is 7.55. The molecule has 3 nitrogen and oxygen atoms in total. The summed E-state index contributed by atoms with van der Waals surface area (Å²) in [7, 11) is 0. The summed E-state index contributed by atoms with van der Waals surface area (Å²) < 4.78 is 0. The highest BCUT2D eigenvalue weighted by atomic mass is 35.5. The molecule has 0 amide bonds. The van der Waals surface area contributed by atoms with Crippen LogP contribution in [0, 0.1) is 6.92 Å². The van der Waals surface area contributed by atoms with Crippen LogP contribution < -0.4 is 4.90 Å². The maximum Gasteiger partial charge on any atom is 0.124 e. The highest BCUT2D eigenvalue weighted by molar-refractivity contribution is 7.15. The lowest BCUT2D eigenvalue weighted by Gasteiger charge is -2.22. The minimum Gasteiger partial charge on any atom is -0.369 e. The van der Waals surface area contributed by atoms with Gasteiger partial charge in [0.1, 0.15) is 5.01 Å². The monoisotopic (exact) mass is 493 g/mol. The summed E-state index contributed by atoms with van der Waals surface area (Å²) in [6, 6.07) is 26.8. The van der Waals surface area contributed by atoms with Crippen LogP contribution in [-0.2, 0) is 0 Å². The van der Waals surface area contributed by atoms with Crippen LogP contribution in [0.3, 0.4) is 0 Å². The molecule has 3 aromatic carbocycles. The van der Waals surface area contributed by atoms with Crippen LogP contribution in [0.1, 0.15) is 10.4 Å². The van der Waals surface area contributed by atoms with E-state index in [1.54, 1.807) is 11.3 Å². The Morgan fingerprint density at radius 3 is 2.15 bits per heavy atom. The van der Waals surface area contributed by atoms with Gasteiger partial charge in [-0.3, -0.25) is 4.99 Å². The normalized spacial score (nSPS) is 11.2. The molecule has 0 spiro atoms. The Bertz CT molecular complexity index is 1180. The van der Waals surface area contributed by atoms with Gasteiger partial charge in [0, 0.05) is 52.8 Å². The van der Waals surface area contributed by atoms with Crippen molar-refractivity contribution in [3.05, 3.63) is 89.3 Å². The van der Waals surface area contributed by atoms with Gasteiger partial charge >= 0.3 is 0 Å². The number of nitrogens with zero attached hydrogens (tertiary/aromatic N) is 3. The van der Waals surface area contributed by atoms with Crippen LogP contribution in [0.15, 0.2) is 83.9 Å². The Morgan fingerprint density at radius 2 is 1.52 bits per heavy atom. The van der Waals surface area contributed by atoms with Gasteiger partial charge < -0.3 is 4.90 Å². The fourth-order valence-electron chi connectivity index (χ4n) is 3.57. The molecular formula is C27H25Cl2N3S. The molecule has 1 heterocycles. The fraction of sp³-hybridized carbons (Fsp3) is 0.185. The topological polar surface area (TPSA) is 28.5 Å². The zero-order chi connectivity index (χ0) is 23.0. The average molecular weight is 494 g/mol. The number of rotatable bonds is 9. The molecule has 4 rings (SSSR count). The second kappa shape index (κ2) is 11.5. The van der Waals surface area contributed by atoms with Crippen molar-refractivity contribution in [2.24, 2.45) is 4.99 Å². The van der Waals surface area contributed by atoms with Gasteiger partial charge in [0.15, 0.2) is 0 Å². The van der Waals surface area contributed by atoms with Crippen molar-refractivity contribution in [2.75, 3.05) is 29.7 Å². The first-order valence-electron chi connectivity index (χ1n) is 10.8. The van der Waals surface area contributed by atoms with E-state index in [-0.39, 0.29) is 0 Å². The van der Waals surface area contributed by atoms with E-state index in [4.69, 9.17) is 28.2 Å². The van der Waals surface area contributed by atoms with E-state index in [2.05, 4.69) is 65.3 Å². The SMILES string of the molecule is Cc1sc(-c2ccccc2)nc1-c1ccc(N=Cc2ccc(N(CCCl)CCCl)cc2)cc1. The number of hydrogen-bond acceptors (Lipinski definition) is 4. The standard InChI is InChI=1S/C27H25Cl2N3S/c1-20-26(31-27(33-20)23-5-3-2-4-6-23)22-9-11-24(12-10-22)30-19-21-7-13-25(14-8-21)32(17-15-28)18-16-29/h2-14,19H,15-18H2,1H3. The first-order chi connectivity index (χ1) is 16.2. The second-order valence-corrected chi connectivity index (χ2v) is 9.51. The zero-order valence-corrected chi connectivity index (χ0v) is 20.7. The van der Waals surface area contributed by atoms with Gasteiger partial charge in [0.05, 0.1) is 11.4 Å². The predicted molar refractivity (Wildman–Crippen MR) is 145 cm³/mol. The van der Waals surface area contributed by atoms with Gasteiger partial charge in [0.2, 0.25) is 0 Å². The van der Waals surface area contributed by atoms with Gasteiger partial charge in [-0.05, 0) is 36.8 Å². The molecule has 0 aliphatic rings. The Hall–Kier alpha value is -2.66. The minimum absolute atomic E-state index is 0.574. The molecule has 33 heavy (non-hydrogen) atoms. The lowest BCUT2D eigenvalue weighted by Crippen LogP contribution is -2.27. The lowest BCUT2D eigenvalue weighted by molar-refractivity contribution is 0.874. The molecule has 0 saturated carbocycles. The molecule has 168 valence electrons. The molecule has 0 radical (unpaired) electrons.